The zero-order chi connectivity index (χ0) is 16.4. The molecule has 0 saturated heterocycles. The molecule has 0 radical (unpaired) electrons. The van der Waals surface area contributed by atoms with E-state index in [0.29, 0.717) is 5.39 Å². The normalized spacial score (nSPS) is 11.8. The van der Waals surface area contributed by atoms with Gasteiger partial charge in [0, 0.05) is 22.5 Å². The Kier molecular flexibility index (Phi) is 2.36. The highest BCUT2D eigenvalue weighted by molar-refractivity contribution is 6.34. The largest absolute Gasteiger partial charge is 0.398 e. The predicted octanol–water partition coefficient (Wildman–Crippen LogP) is 5.23. The van der Waals surface area contributed by atoms with Crippen LogP contribution >= 0.6 is 0 Å². The average Bonchev–Trinajstić information content (AvgIpc) is 2.60. The van der Waals surface area contributed by atoms with Gasteiger partial charge in [0.15, 0.2) is 0 Å². The number of fused-ring (bicyclic) bond motifs is 2. The molecular weight excluding hydrogens is 300 g/mol. The maximum atomic E-state index is 11.4. The third-order valence-electron chi connectivity index (χ3n) is 4.87. The highest BCUT2D eigenvalue weighted by Crippen LogP contribution is 2.43. The molecule has 114 valence electrons. The molecule has 4 heteroatoms. The van der Waals surface area contributed by atoms with Crippen LogP contribution in [0.2, 0.25) is 0 Å². The number of non-ortho nitro benzene ring substituents is 1. The lowest BCUT2D eigenvalue weighted by Gasteiger charge is -2.15. The SMILES string of the molecule is Nc1ccc2c3cccc4c([N+](=O)[O-])ccc(c5cccc1c25)c43. The molecule has 0 saturated carbocycles. The van der Waals surface area contributed by atoms with Crippen molar-refractivity contribution < 1.29 is 4.92 Å². The standard InChI is InChI=1S/C20H12N2O2/c21-17-9-7-13-12-4-2-6-16-18(22(23)24)10-8-14(20(12)16)11-3-1-5-15(17)19(11)13/h1-10H,21H2. The van der Waals surface area contributed by atoms with Crippen LogP contribution in [0.4, 0.5) is 11.4 Å². The minimum absolute atomic E-state index is 0.140. The van der Waals surface area contributed by atoms with Crippen molar-refractivity contribution >= 4 is 54.5 Å². The van der Waals surface area contributed by atoms with E-state index in [2.05, 4.69) is 6.07 Å². The molecule has 5 rings (SSSR count). The van der Waals surface area contributed by atoms with Crippen LogP contribution in [-0.4, -0.2) is 4.92 Å². The Morgan fingerprint density at radius 3 is 1.83 bits per heavy atom. The summed E-state index contributed by atoms with van der Waals surface area (Å²) < 4.78 is 0. The van der Waals surface area contributed by atoms with Crippen molar-refractivity contribution in [2.45, 2.75) is 0 Å². The lowest BCUT2D eigenvalue weighted by atomic mass is 9.89. The molecule has 0 aliphatic rings. The fraction of sp³-hybridized carbons (Fsp3) is 0. The summed E-state index contributed by atoms with van der Waals surface area (Å²) in [7, 11) is 0. The maximum absolute atomic E-state index is 11.4. The quantitative estimate of drug-likeness (QED) is 0.151. The Morgan fingerprint density at radius 1 is 0.667 bits per heavy atom. The van der Waals surface area contributed by atoms with Gasteiger partial charge in [0.2, 0.25) is 0 Å². The van der Waals surface area contributed by atoms with Crippen molar-refractivity contribution in [2.24, 2.45) is 0 Å². The van der Waals surface area contributed by atoms with E-state index in [0.717, 1.165) is 43.4 Å². The Morgan fingerprint density at radius 2 is 1.17 bits per heavy atom. The van der Waals surface area contributed by atoms with Gasteiger partial charge >= 0.3 is 0 Å². The van der Waals surface area contributed by atoms with E-state index in [1.54, 1.807) is 6.07 Å². The minimum atomic E-state index is -0.317. The number of nitro groups is 1. The summed E-state index contributed by atoms with van der Waals surface area (Å²) in [6.07, 6.45) is 0. The van der Waals surface area contributed by atoms with Gasteiger partial charge in [-0.1, -0.05) is 36.4 Å². The summed E-state index contributed by atoms with van der Waals surface area (Å²) in [5.41, 5.74) is 7.05. The first kappa shape index (κ1) is 13.1. The number of hydrogen-bond acceptors (Lipinski definition) is 3. The molecule has 0 atom stereocenters. The number of anilines is 1. The predicted molar refractivity (Wildman–Crippen MR) is 98.7 cm³/mol. The van der Waals surface area contributed by atoms with E-state index in [1.807, 2.05) is 48.5 Å². The zero-order valence-electron chi connectivity index (χ0n) is 12.6. The highest BCUT2D eigenvalue weighted by atomic mass is 16.6. The Labute approximate surface area is 136 Å². The Bertz CT molecular complexity index is 1270. The van der Waals surface area contributed by atoms with Crippen LogP contribution in [0.25, 0.3) is 43.1 Å². The molecule has 0 fully saturated rings. The van der Waals surface area contributed by atoms with Gasteiger partial charge in [0.05, 0.1) is 10.3 Å². The molecule has 0 spiro atoms. The summed E-state index contributed by atoms with van der Waals surface area (Å²) in [5, 5.41) is 19.4. The van der Waals surface area contributed by atoms with Crippen LogP contribution in [0.3, 0.4) is 0 Å². The first-order valence-corrected chi connectivity index (χ1v) is 7.69. The second-order valence-electron chi connectivity index (χ2n) is 6.05. The molecule has 4 nitrogen and oxygen atoms in total. The molecule has 5 aromatic carbocycles. The van der Waals surface area contributed by atoms with E-state index in [9.17, 15) is 10.1 Å². The summed E-state index contributed by atoms with van der Waals surface area (Å²) in [5.74, 6) is 0. The molecule has 5 aromatic rings. The van der Waals surface area contributed by atoms with Crippen molar-refractivity contribution in [2.75, 3.05) is 5.73 Å². The van der Waals surface area contributed by atoms with Gasteiger partial charge in [-0.2, -0.15) is 0 Å². The van der Waals surface area contributed by atoms with Crippen LogP contribution in [0.1, 0.15) is 0 Å². The van der Waals surface area contributed by atoms with Gasteiger partial charge in [-0.05, 0) is 45.1 Å². The van der Waals surface area contributed by atoms with Crippen LogP contribution in [0, 0.1) is 10.1 Å². The van der Waals surface area contributed by atoms with Gasteiger partial charge in [-0.3, -0.25) is 10.1 Å². The second-order valence-corrected chi connectivity index (χ2v) is 6.05. The third kappa shape index (κ3) is 1.47. The summed E-state index contributed by atoms with van der Waals surface area (Å²) in [6, 6.07) is 19.2. The summed E-state index contributed by atoms with van der Waals surface area (Å²) in [6.45, 7) is 0. The molecule has 0 amide bonds. The number of nitro benzene ring substituents is 1. The zero-order valence-corrected chi connectivity index (χ0v) is 12.6. The molecule has 0 aromatic heterocycles. The van der Waals surface area contributed by atoms with E-state index in [1.165, 1.54) is 0 Å². The summed E-state index contributed by atoms with van der Waals surface area (Å²) >= 11 is 0. The van der Waals surface area contributed by atoms with E-state index in [-0.39, 0.29) is 10.6 Å². The van der Waals surface area contributed by atoms with Crippen LogP contribution in [0.5, 0.6) is 0 Å². The van der Waals surface area contributed by atoms with Gasteiger partial charge in [-0.25, -0.2) is 0 Å². The maximum Gasteiger partial charge on any atom is 0.277 e. The Hall–Kier alpha value is -3.40. The van der Waals surface area contributed by atoms with Gasteiger partial charge in [-0.15, -0.1) is 0 Å². The first-order chi connectivity index (χ1) is 11.7. The van der Waals surface area contributed by atoms with Crippen LogP contribution < -0.4 is 5.73 Å². The highest BCUT2D eigenvalue weighted by Gasteiger charge is 2.18. The number of benzene rings is 5. The number of nitrogen functional groups attached to an aromatic ring is 1. The Balaban J connectivity index is 2.20. The lowest BCUT2D eigenvalue weighted by Crippen LogP contribution is -1.93. The van der Waals surface area contributed by atoms with E-state index in [4.69, 9.17) is 5.73 Å². The molecular formula is C20H12N2O2. The fourth-order valence-electron chi connectivity index (χ4n) is 3.88. The molecule has 0 unspecified atom stereocenters. The van der Waals surface area contributed by atoms with Crippen LogP contribution in [0.15, 0.2) is 60.7 Å². The molecule has 0 aliphatic carbocycles. The average molecular weight is 312 g/mol. The van der Waals surface area contributed by atoms with Crippen LogP contribution in [-0.2, 0) is 0 Å². The van der Waals surface area contributed by atoms with Crippen molar-refractivity contribution in [3.8, 4) is 0 Å². The number of nitrogens with two attached hydrogens (primary N) is 1. The molecule has 2 N–H and O–H groups in total. The monoisotopic (exact) mass is 312 g/mol. The molecule has 0 aliphatic heterocycles. The van der Waals surface area contributed by atoms with Gasteiger partial charge < -0.3 is 5.73 Å². The smallest absolute Gasteiger partial charge is 0.277 e. The van der Waals surface area contributed by atoms with E-state index >= 15 is 0 Å². The van der Waals surface area contributed by atoms with Crippen molar-refractivity contribution in [1.82, 2.24) is 0 Å². The van der Waals surface area contributed by atoms with Gasteiger partial charge in [0.1, 0.15) is 0 Å². The number of rotatable bonds is 1. The lowest BCUT2D eigenvalue weighted by molar-refractivity contribution is -0.383. The third-order valence-corrected chi connectivity index (χ3v) is 4.87. The molecule has 24 heavy (non-hydrogen) atoms. The topological polar surface area (TPSA) is 69.2 Å². The first-order valence-electron chi connectivity index (χ1n) is 7.69. The number of nitrogens with zero attached hydrogens (tertiary/aromatic N) is 1. The minimum Gasteiger partial charge on any atom is -0.398 e. The number of hydrogen-bond donors (Lipinski definition) is 1. The molecule has 0 heterocycles. The second kappa shape index (κ2) is 4.32. The van der Waals surface area contributed by atoms with Crippen molar-refractivity contribution in [1.29, 1.82) is 0 Å². The fourth-order valence-corrected chi connectivity index (χ4v) is 3.88. The van der Waals surface area contributed by atoms with Crippen molar-refractivity contribution in [3.63, 3.8) is 0 Å². The van der Waals surface area contributed by atoms with E-state index < -0.39 is 0 Å². The molecule has 0 bridgehead atoms. The summed E-state index contributed by atoms with van der Waals surface area (Å²) in [4.78, 5) is 11.1. The van der Waals surface area contributed by atoms with Crippen molar-refractivity contribution in [3.05, 3.63) is 70.8 Å². The van der Waals surface area contributed by atoms with Gasteiger partial charge in [0.25, 0.3) is 5.69 Å².